The van der Waals surface area contributed by atoms with Gasteiger partial charge in [-0.2, -0.15) is 0 Å². The van der Waals surface area contributed by atoms with Crippen LogP contribution in [0.3, 0.4) is 0 Å². The van der Waals surface area contributed by atoms with Gasteiger partial charge in [0.15, 0.2) is 0 Å². The van der Waals surface area contributed by atoms with E-state index in [1.165, 1.54) is 16.7 Å². The smallest absolute Gasteiger partial charge is 0.126 e. The van der Waals surface area contributed by atoms with Crippen LogP contribution in [0.15, 0.2) is 24.8 Å². The first kappa shape index (κ1) is 19.8. The third-order valence-corrected chi connectivity index (χ3v) is 4.27. The highest BCUT2D eigenvalue weighted by Gasteiger charge is 2.28. The van der Waals surface area contributed by atoms with E-state index in [1.807, 2.05) is 6.08 Å². The largest absolute Gasteiger partial charge is 0.493 e. The van der Waals surface area contributed by atoms with Crippen LogP contribution in [0.1, 0.15) is 90.8 Å². The van der Waals surface area contributed by atoms with E-state index in [0.29, 0.717) is 5.92 Å². The van der Waals surface area contributed by atoms with Crippen LogP contribution >= 0.6 is 0 Å². The zero-order chi connectivity index (χ0) is 17.8. The van der Waals surface area contributed by atoms with Gasteiger partial charge in [0.1, 0.15) is 5.75 Å². The second-order valence-corrected chi connectivity index (χ2v) is 8.72. The molecular weight excluding hydrogens is 280 g/mol. The van der Waals surface area contributed by atoms with Gasteiger partial charge in [0.25, 0.3) is 0 Å². The summed E-state index contributed by atoms with van der Waals surface area (Å²) in [4.78, 5) is 0. The van der Waals surface area contributed by atoms with Crippen LogP contribution in [-0.4, -0.2) is 6.61 Å². The zero-order valence-electron chi connectivity index (χ0n) is 16.5. The Bertz CT molecular complexity index is 491. The Morgan fingerprint density at radius 3 is 1.87 bits per heavy atom. The Morgan fingerprint density at radius 1 is 1.04 bits per heavy atom. The molecule has 1 nitrogen and oxygen atoms in total. The van der Waals surface area contributed by atoms with Crippen molar-refractivity contribution in [2.24, 2.45) is 0 Å². The molecule has 0 amide bonds. The van der Waals surface area contributed by atoms with Crippen molar-refractivity contribution in [1.82, 2.24) is 0 Å². The first-order valence-corrected chi connectivity index (χ1v) is 8.95. The van der Waals surface area contributed by atoms with Gasteiger partial charge in [0.05, 0.1) is 6.61 Å². The van der Waals surface area contributed by atoms with E-state index in [2.05, 4.69) is 74.1 Å². The van der Waals surface area contributed by atoms with Gasteiger partial charge in [-0.3, -0.25) is 0 Å². The number of ether oxygens (including phenoxy) is 1. The van der Waals surface area contributed by atoms with E-state index in [0.717, 1.165) is 25.2 Å². The van der Waals surface area contributed by atoms with Crippen molar-refractivity contribution in [3.05, 3.63) is 41.5 Å². The molecule has 0 fully saturated rings. The second-order valence-electron chi connectivity index (χ2n) is 8.72. The van der Waals surface area contributed by atoms with Crippen molar-refractivity contribution in [3.63, 3.8) is 0 Å². The maximum atomic E-state index is 6.25. The maximum Gasteiger partial charge on any atom is 0.126 e. The molecule has 130 valence electrons. The molecule has 0 aliphatic rings. The summed E-state index contributed by atoms with van der Waals surface area (Å²) in [5.74, 6) is 1.58. The number of hydrogen-bond acceptors (Lipinski definition) is 1. The van der Waals surface area contributed by atoms with Gasteiger partial charge in [0.2, 0.25) is 0 Å². The lowest BCUT2D eigenvalue weighted by Gasteiger charge is -2.31. The molecule has 0 N–H and O–H groups in total. The molecule has 0 heterocycles. The van der Waals surface area contributed by atoms with Crippen LogP contribution in [0, 0.1) is 0 Å². The van der Waals surface area contributed by atoms with Crippen LogP contribution < -0.4 is 4.74 Å². The molecule has 0 bridgehead atoms. The molecule has 0 aliphatic carbocycles. The van der Waals surface area contributed by atoms with Crippen LogP contribution in [0.4, 0.5) is 0 Å². The zero-order valence-corrected chi connectivity index (χ0v) is 16.5. The molecule has 0 aromatic heterocycles. The quantitative estimate of drug-likeness (QED) is 0.527. The van der Waals surface area contributed by atoms with Crippen molar-refractivity contribution in [1.29, 1.82) is 0 Å². The number of rotatable bonds is 6. The highest BCUT2D eigenvalue weighted by Crippen LogP contribution is 2.42. The maximum absolute atomic E-state index is 6.25. The van der Waals surface area contributed by atoms with E-state index in [9.17, 15) is 0 Å². The predicted molar refractivity (Wildman–Crippen MR) is 103 cm³/mol. The molecule has 23 heavy (non-hydrogen) atoms. The van der Waals surface area contributed by atoms with Gasteiger partial charge in [-0.15, -0.1) is 6.58 Å². The molecule has 0 aliphatic heterocycles. The minimum atomic E-state index is 0.0625. The van der Waals surface area contributed by atoms with Crippen molar-refractivity contribution in [2.75, 3.05) is 6.61 Å². The summed E-state index contributed by atoms with van der Waals surface area (Å²) in [6, 6.07) is 4.71. The molecular formula is C22H36O. The Labute approximate surface area is 144 Å². The van der Waals surface area contributed by atoms with Crippen LogP contribution in [0.2, 0.25) is 0 Å². The Balaban J connectivity index is 3.61. The number of benzene rings is 1. The van der Waals surface area contributed by atoms with Gasteiger partial charge in [-0.1, -0.05) is 73.6 Å². The normalized spacial score (nSPS) is 13.7. The molecule has 0 spiro atoms. The fourth-order valence-electron chi connectivity index (χ4n) is 2.80. The third kappa shape index (κ3) is 5.12. The molecule has 0 saturated carbocycles. The summed E-state index contributed by atoms with van der Waals surface area (Å²) < 4.78 is 6.25. The van der Waals surface area contributed by atoms with Crippen molar-refractivity contribution >= 4 is 0 Å². The van der Waals surface area contributed by atoms with E-state index in [1.54, 1.807) is 0 Å². The number of hydrogen-bond donors (Lipinski definition) is 0. The van der Waals surface area contributed by atoms with E-state index in [-0.39, 0.29) is 10.8 Å². The lowest BCUT2D eigenvalue weighted by atomic mass is 9.77. The monoisotopic (exact) mass is 316 g/mol. The van der Waals surface area contributed by atoms with Crippen LogP contribution in [-0.2, 0) is 10.8 Å². The van der Waals surface area contributed by atoms with Crippen LogP contribution in [0.5, 0.6) is 5.75 Å². The van der Waals surface area contributed by atoms with E-state index in [4.69, 9.17) is 4.74 Å². The van der Waals surface area contributed by atoms with Gasteiger partial charge in [0, 0.05) is 11.1 Å². The SMILES string of the molecule is C=CCC(C)c1cc(C(C)(C)C)c(OCCC)c(C(C)(C)C)c1. The molecule has 1 rings (SSSR count). The molecule has 0 saturated heterocycles. The number of allylic oxidation sites excluding steroid dienone is 1. The standard InChI is InChI=1S/C22H36O/c1-10-12-16(3)17-14-18(21(4,5)6)20(23-13-11-2)19(15-17)22(7,8)9/h10,14-16H,1,11-13H2,2-9H3. The fourth-order valence-corrected chi connectivity index (χ4v) is 2.80. The average Bonchev–Trinajstić information content (AvgIpc) is 2.42. The van der Waals surface area contributed by atoms with Gasteiger partial charge in [-0.05, 0) is 35.2 Å². The van der Waals surface area contributed by atoms with Crippen molar-refractivity contribution in [3.8, 4) is 5.75 Å². The Morgan fingerprint density at radius 2 is 1.52 bits per heavy atom. The molecule has 1 atom stereocenters. The summed E-state index contributed by atoms with van der Waals surface area (Å²) in [6.45, 7) is 22.8. The molecule has 1 heteroatoms. The Hall–Kier alpha value is -1.24. The van der Waals surface area contributed by atoms with E-state index >= 15 is 0 Å². The summed E-state index contributed by atoms with van der Waals surface area (Å²) in [5, 5.41) is 0. The van der Waals surface area contributed by atoms with Crippen molar-refractivity contribution < 1.29 is 4.74 Å². The fraction of sp³-hybridized carbons (Fsp3) is 0.636. The predicted octanol–water partition coefficient (Wildman–Crippen LogP) is 6.75. The first-order valence-electron chi connectivity index (χ1n) is 8.95. The lowest BCUT2D eigenvalue weighted by Crippen LogP contribution is -2.21. The minimum absolute atomic E-state index is 0.0625. The highest BCUT2D eigenvalue weighted by molar-refractivity contribution is 5.51. The van der Waals surface area contributed by atoms with Gasteiger partial charge in [-0.25, -0.2) is 0 Å². The Kier molecular flexibility index (Phi) is 6.50. The molecule has 0 radical (unpaired) electrons. The first-order chi connectivity index (χ1) is 10.5. The van der Waals surface area contributed by atoms with E-state index < -0.39 is 0 Å². The summed E-state index contributed by atoms with van der Waals surface area (Å²) in [6.07, 6.45) is 4.05. The summed E-state index contributed by atoms with van der Waals surface area (Å²) in [7, 11) is 0. The molecule has 1 unspecified atom stereocenters. The van der Waals surface area contributed by atoms with Gasteiger partial charge < -0.3 is 4.74 Å². The van der Waals surface area contributed by atoms with Crippen LogP contribution in [0.25, 0.3) is 0 Å². The summed E-state index contributed by atoms with van der Waals surface area (Å²) in [5.41, 5.74) is 4.16. The second kappa shape index (κ2) is 7.55. The molecule has 1 aromatic rings. The van der Waals surface area contributed by atoms with Crippen molar-refractivity contribution in [2.45, 2.75) is 85.0 Å². The van der Waals surface area contributed by atoms with Gasteiger partial charge >= 0.3 is 0 Å². The lowest BCUT2D eigenvalue weighted by molar-refractivity contribution is 0.299. The average molecular weight is 317 g/mol. The molecule has 1 aromatic carbocycles. The summed E-state index contributed by atoms with van der Waals surface area (Å²) >= 11 is 0. The topological polar surface area (TPSA) is 9.23 Å². The third-order valence-electron chi connectivity index (χ3n) is 4.27. The minimum Gasteiger partial charge on any atom is -0.493 e. The highest BCUT2D eigenvalue weighted by atomic mass is 16.5.